The van der Waals surface area contributed by atoms with E-state index in [1.54, 1.807) is 4.90 Å². The zero-order chi connectivity index (χ0) is 16.8. The molecule has 1 atom stereocenters. The van der Waals surface area contributed by atoms with E-state index in [1.165, 1.54) is 0 Å². The summed E-state index contributed by atoms with van der Waals surface area (Å²) in [5.41, 5.74) is 3.09. The summed E-state index contributed by atoms with van der Waals surface area (Å²) < 4.78 is 5.63. The fourth-order valence-electron chi connectivity index (χ4n) is 3.06. The largest absolute Gasteiger partial charge is 0.378 e. The van der Waals surface area contributed by atoms with Gasteiger partial charge < -0.3 is 9.64 Å². The van der Waals surface area contributed by atoms with Crippen LogP contribution in [0.4, 0.5) is 0 Å². The normalized spacial score (nSPS) is 18.6. The van der Waals surface area contributed by atoms with Crippen LogP contribution in [0.2, 0.25) is 0 Å². The monoisotopic (exact) mass is 319 g/mol. The first kappa shape index (κ1) is 17.4. The van der Waals surface area contributed by atoms with Crippen LogP contribution in [0.25, 0.3) is 0 Å². The summed E-state index contributed by atoms with van der Waals surface area (Å²) in [6.07, 6.45) is 0.367. The number of carbonyl (C=O) groups is 1. The van der Waals surface area contributed by atoms with Gasteiger partial charge in [0, 0.05) is 30.9 Å². The molecule has 1 aliphatic rings. The highest BCUT2D eigenvalue weighted by molar-refractivity contribution is 5.78. The molecule has 0 radical (unpaired) electrons. The van der Waals surface area contributed by atoms with Crippen LogP contribution in [0.3, 0.4) is 0 Å². The van der Waals surface area contributed by atoms with Crippen molar-refractivity contribution in [3.05, 3.63) is 17.0 Å². The summed E-state index contributed by atoms with van der Waals surface area (Å²) in [4.78, 5) is 16.4. The fourth-order valence-corrected chi connectivity index (χ4v) is 3.06. The lowest BCUT2D eigenvalue weighted by Crippen LogP contribution is -2.46. The molecular formula is C16H25N5O2. The van der Waals surface area contributed by atoms with Gasteiger partial charge in [0.15, 0.2) is 0 Å². The van der Waals surface area contributed by atoms with E-state index in [4.69, 9.17) is 10.00 Å². The highest BCUT2D eigenvalue weighted by atomic mass is 16.5. The molecule has 2 heterocycles. The van der Waals surface area contributed by atoms with Gasteiger partial charge in [-0.3, -0.25) is 14.8 Å². The number of aryl methyl sites for hydroxylation is 2. The van der Waals surface area contributed by atoms with Crippen molar-refractivity contribution in [2.75, 3.05) is 39.4 Å². The molecule has 126 valence electrons. The van der Waals surface area contributed by atoms with E-state index in [-0.39, 0.29) is 11.9 Å². The van der Waals surface area contributed by atoms with Crippen LogP contribution in [-0.2, 0) is 9.53 Å². The van der Waals surface area contributed by atoms with Crippen molar-refractivity contribution in [2.24, 2.45) is 0 Å². The first-order chi connectivity index (χ1) is 11.1. The molecule has 1 N–H and O–H groups in total. The lowest BCUT2D eigenvalue weighted by Gasteiger charge is -2.36. The number of ether oxygens (including phenoxy) is 1. The number of carbonyl (C=O) groups excluding carboxylic acids is 1. The molecule has 0 spiro atoms. The van der Waals surface area contributed by atoms with Gasteiger partial charge in [-0.15, -0.1) is 0 Å². The first-order valence-corrected chi connectivity index (χ1v) is 8.06. The van der Waals surface area contributed by atoms with Crippen LogP contribution >= 0.6 is 0 Å². The van der Waals surface area contributed by atoms with Gasteiger partial charge in [0.1, 0.15) is 0 Å². The van der Waals surface area contributed by atoms with E-state index in [1.807, 2.05) is 20.8 Å². The Morgan fingerprint density at radius 3 is 2.96 bits per heavy atom. The zero-order valence-corrected chi connectivity index (χ0v) is 14.1. The van der Waals surface area contributed by atoms with Gasteiger partial charge >= 0.3 is 0 Å². The Bertz CT molecular complexity index is 558. The maximum absolute atomic E-state index is 12.5. The molecule has 1 fully saturated rings. The molecule has 0 aromatic carbocycles. The maximum Gasteiger partial charge on any atom is 0.236 e. The van der Waals surface area contributed by atoms with Crippen molar-refractivity contribution in [1.29, 1.82) is 5.26 Å². The molecule has 1 saturated heterocycles. The standard InChI is InChI=1S/C16H25N5O2/c1-4-20(7-5-6-17)15(22)10-21-8-9-23-11-14(21)16-12(2)18-19-13(16)3/h14H,4-5,7-11H2,1-3H3,(H,18,19). The number of rotatable bonds is 6. The number of nitrogens with zero attached hydrogens (tertiary/aromatic N) is 4. The number of nitrogens with one attached hydrogen (secondary N) is 1. The number of amides is 1. The van der Waals surface area contributed by atoms with Gasteiger partial charge in [0.25, 0.3) is 0 Å². The van der Waals surface area contributed by atoms with Gasteiger partial charge in [-0.1, -0.05) is 0 Å². The van der Waals surface area contributed by atoms with Crippen molar-refractivity contribution < 1.29 is 9.53 Å². The average Bonchev–Trinajstić information content (AvgIpc) is 2.87. The van der Waals surface area contributed by atoms with E-state index in [0.717, 1.165) is 23.5 Å². The lowest BCUT2D eigenvalue weighted by atomic mass is 10.0. The van der Waals surface area contributed by atoms with E-state index in [0.29, 0.717) is 39.3 Å². The highest BCUT2D eigenvalue weighted by Crippen LogP contribution is 2.28. The van der Waals surface area contributed by atoms with E-state index >= 15 is 0 Å². The first-order valence-electron chi connectivity index (χ1n) is 8.06. The van der Waals surface area contributed by atoms with Crippen molar-refractivity contribution in [3.63, 3.8) is 0 Å². The number of nitriles is 1. The average molecular weight is 319 g/mol. The maximum atomic E-state index is 12.5. The van der Waals surface area contributed by atoms with Crippen LogP contribution in [0.1, 0.15) is 36.3 Å². The lowest BCUT2D eigenvalue weighted by molar-refractivity contribution is -0.134. The topological polar surface area (TPSA) is 85.2 Å². The van der Waals surface area contributed by atoms with Gasteiger partial charge in [-0.25, -0.2) is 0 Å². The summed E-state index contributed by atoms with van der Waals surface area (Å²) >= 11 is 0. The summed E-state index contributed by atoms with van der Waals surface area (Å²) in [5.74, 6) is 0.0634. The second kappa shape index (κ2) is 8.09. The van der Waals surface area contributed by atoms with Crippen molar-refractivity contribution >= 4 is 5.91 Å². The number of aromatic amines is 1. The third-order valence-electron chi connectivity index (χ3n) is 4.32. The number of hydrogen-bond donors (Lipinski definition) is 1. The second-order valence-electron chi connectivity index (χ2n) is 5.79. The molecule has 7 nitrogen and oxygen atoms in total. The van der Waals surface area contributed by atoms with Crippen molar-refractivity contribution in [3.8, 4) is 6.07 Å². The molecule has 7 heteroatoms. The Morgan fingerprint density at radius 1 is 1.57 bits per heavy atom. The third kappa shape index (κ3) is 4.09. The molecule has 0 aliphatic carbocycles. The number of H-pyrrole nitrogens is 1. The molecule has 1 aliphatic heterocycles. The fraction of sp³-hybridized carbons (Fsp3) is 0.688. The summed E-state index contributed by atoms with van der Waals surface area (Å²) in [6.45, 7) is 9.28. The number of hydrogen-bond acceptors (Lipinski definition) is 5. The molecule has 1 aromatic rings. The van der Waals surface area contributed by atoms with Crippen LogP contribution in [0, 0.1) is 25.2 Å². The van der Waals surface area contributed by atoms with Crippen molar-refractivity contribution in [2.45, 2.75) is 33.2 Å². The SMILES string of the molecule is CCN(CCC#N)C(=O)CN1CCOCC1c1c(C)n[nH]c1C. The van der Waals surface area contributed by atoms with E-state index in [9.17, 15) is 4.79 Å². The molecule has 23 heavy (non-hydrogen) atoms. The Labute approximate surface area is 137 Å². The molecule has 0 saturated carbocycles. The molecule has 2 rings (SSSR count). The van der Waals surface area contributed by atoms with Crippen LogP contribution < -0.4 is 0 Å². The smallest absolute Gasteiger partial charge is 0.236 e. The number of likely N-dealkylation sites (N-methyl/N-ethyl adjacent to an activating group) is 1. The molecule has 0 bridgehead atoms. The molecule has 1 amide bonds. The predicted molar refractivity (Wildman–Crippen MR) is 85.7 cm³/mol. The van der Waals surface area contributed by atoms with Gasteiger partial charge in [-0.05, 0) is 20.8 Å². The number of aromatic nitrogens is 2. The quantitative estimate of drug-likeness (QED) is 0.850. The molecular weight excluding hydrogens is 294 g/mol. The van der Waals surface area contributed by atoms with Gasteiger partial charge in [-0.2, -0.15) is 10.4 Å². The van der Waals surface area contributed by atoms with E-state index in [2.05, 4.69) is 21.2 Å². The summed E-state index contributed by atoms with van der Waals surface area (Å²) in [7, 11) is 0. The molecule has 1 unspecified atom stereocenters. The van der Waals surface area contributed by atoms with E-state index < -0.39 is 0 Å². The third-order valence-corrected chi connectivity index (χ3v) is 4.32. The second-order valence-corrected chi connectivity index (χ2v) is 5.79. The minimum atomic E-state index is 0.0427. The van der Waals surface area contributed by atoms with Gasteiger partial charge in [0.2, 0.25) is 5.91 Å². The summed E-state index contributed by atoms with van der Waals surface area (Å²) in [5, 5.41) is 16.0. The number of morpholine rings is 1. The molecule has 1 aromatic heterocycles. The minimum Gasteiger partial charge on any atom is -0.378 e. The Balaban J connectivity index is 2.10. The van der Waals surface area contributed by atoms with Crippen LogP contribution in [-0.4, -0.2) is 65.3 Å². The minimum absolute atomic E-state index is 0.0427. The van der Waals surface area contributed by atoms with Crippen LogP contribution in [0.5, 0.6) is 0 Å². The zero-order valence-electron chi connectivity index (χ0n) is 14.1. The van der Waals surface area contributed by atoms with Crippen LogP contribution in [0.15, 0.2) is 0 Å². The Hall–Kier alpha value is -1.91. The van der Waals surface area contributed by atoms with Crippen molar-refractivity contribution in [1.82, 2.24) is 20.0 Å². The Morgan fingerprint density at radius 2 is 2.35 bits per heavy atom. The summed E-state index contributed by atoms with van der Waals surface area (Å²) in [6, 6.07) is 2.14. The highest BCUT2D eigenvalue weighted by Gasteiger charge is 2.30. The predicted octanol–water partition coefficient (Wildman–Crippen LogP) is 1.16. The van der Waals surface area contributed by atoms with Gasteiger partial charge in [0.05, 0.1) is 44.0 Å². The Kier molecular flexibility index (Phi) is 6.13.